The van der Waals surface area contributed by atoms with Crippen LogP contribution in [-0.4, -0.2) is 24.5 Å². The maximum atomic E-state index is 11.5. The summed E-state index contributed by atoms with van der Waals surface area (Å²) in [7, 11) is 0. The molecule has 0 aliphatic heterocycles. The van der Waals surface area contributed by atoms with E-state index in [0.717, 1.165) is 12.8 Å². The lowest BCUT2D eigenvalue weighted by Crippen LogP contribution is -2.46. The lowest BCUT2D eigenvalue weighted by molar-refractivity contribution is -0.122. The molecule has 1 atom stereocenters. The Morgan fingerprint density at radius 2 is 1.94 bits per heavy atom. The molecule has 0 unspecified atom stereocenters. The molecule has 0 aliphatic rings. The second-order valence-electron chi connectivity index (χ2n) is 4.11. The third-order valence-electron chi connectivity index (χ3n) is 2.54. The van der Waals surface area contributed by atoms with Gasteiger partial charge in [0.25, 0.3) is 0 Å². The Balaban J connectivity index is 2.18. The van der Waals surface area contributed by atoms with Crippen molar-refractivity contribution in [3.8, 4) is 0 Å². The second-order valence-corrected chi connectivity index (χ2v) is 4.11. The maximum Gasteiger partial charge on any atom is 0.312 e. The normalized spacial score (nSPS) is 11.6. The van der Waals surface area contributed by atoms with E-state index in [4.69, 9.17) is 5.73 Å². The van der Waals surface area contributed by atoms with Crippen molar-refractivity contribution in [2.45, 2.75) is 25.8 Å². The number of amides is 3. The number of urea groups is 1. The Kier molecular flexibility index (Phi) is 5.70. The first-order valence-corrected chi connectivity index (χ1v) is 5.97. The summed E-state index contributed by atoms with van der Waals surface area (Å²) in [6, 6.07) is 8.78. The van der Waals surface area contributed by atoms with E-state index >= 15 is 0 Å². The third-order valence-corrected chi connectivity index (χ3v) is 2.54. The summed E-state index contributed by atoms with van der Waals surface area (Å²) in [5, 5.41) is 5.08. The fourth-order valence-electron chi connectivity index (χ4n) is 1.58. The fourth-order valence-corrected chi connectivity index (χ4v) is 1.58. The molecule has 0 saturated carbocycles. The minimum Gasteiger partial charge on any atom is -0.354 e. The van der Waals surface area contributed by atoms with Crippen LogP contribution in [0.15, 0.2) is 30.3 Å². The Labute approximate surface area is 107 Å². The number of primary amides is 1. The summed E-state index contributed by atoms with van der Waals surface area (Å²) >= 11 is 0. The molecule has 3 amide bonds. The smallest absolute Gasteiger partial charge is 0.312 e. The van der Waals surface area contributed by atoms with Crippen molar-refractivity contribution in [3.05, 3.63) is 35.9 Å². The van der Waals surface area contributed by atoms with E-state index in [2.05, 4.69) is 22.8 Å². The number of nitrogens with two attached hydrogens (primary N) is 1. The standard InChI is InChI=1S/C13H19N3O2/c1-10(16-13(14)18)12(17)15-9-5-8-11-6-3-2-4-7-11/h2-4,6-7,10H,5,8-9H2,1H3,(H,15,17)(H3,14,16,18)/t10-/m0/s1. The molecule has 5 nitrogen and oxygen atoms in total. The van der Waals surface area contributed by atoms with Gasteiger partial charge in [-0.25, -0.2) is 4.79 Å². The molecule has 0 spiro atoms. The largest absolute Gasteiger partial charge is 0.354 e. The van der Waals surface area contributed by atoms with Crippen molar-refractivity contribution in [2.24, 2.45) is 5.73 Å². The van der Waals surface area contributed by atoms with E-state index in [9.17, 15) is 9.59 Å². The highest BCUT2D eigenvalue weighted by molar-refractivity contribution is 5.86. The van der Waals surface area contributed by atoms with Gasteiger partial charge in [-0.2, -0.15) is 0 Å². The average molecular weight is 249 g/mol. The molecule has 0 aromatic heterocycles. The molecule has 5 heteroatoms. The van der Waals surface area contributed by atoms with Gasteiger partial charge in [-0.1, -0.05) is 30.3 Å². The Morgan fingerprint density at radius 1 is 1.28 bits per heavy atom. The van der Waals surface area contributed by atoms with Crippen LogP contribution in [0.3, 0.4) is 0 Å². The predicted molar refractivity (Wildman–Crippen MR) is 70.0 cm³/mol. The first-order chi connectivity index (χ1) is 8.59. The molecular formula is C13H19N3O2. The summed E-state index contributed by atoms with van der Waals surface area (Å²) in [6.45, 7) is 2.18. The van der Waals surface area contributed by atoms with Crippen molar-refractivity contribution in [3.63, 3.8) is 0 Å². The summed E-state index contributed by atoms with van der Waals surface area (Å²) < 4.78 is 0. The highest BCUT2D eigenvalue weighted by Crippen LogP contribution is 2.01. The SMILES string of the molecule is C[C@H](NC(N)=O)C(=O)NCCCc1ccccc1. The van der Waals surface area contributed by atoms with Crippen molar-refractivity contribution >= 4 is 11.9 Å². The van der Waals surface area contributed by atoms with Gasteiger partial charge in [0.2, 0.25) is 5.91 Å². The zero-order valence-electron chi connectivity index (χ0n) is 10.5. The van der Waals surface area contributed by atoms with Gasteiger partial charge in [0, 0.05) is 6.54 Å². The van der Waals surface area contributed by atoms with Crippen LogP contribution in [-0.2, 0) is 11.2 Å². The number of nitrogens with one attached hydrogen (secondary N) is 2. The minimum atomic E-state index is -0.693. The highest BCUT2D eigenvalue weighted by atomic mass is 16.2. The molecule has 18 heavy (non-hydrogen) atoms. The molecule has 98 valence electrons. The van der Waals surface area contributed by atoms with Gasteiger partial charge in [0.05, 0.1) is 0 Å². The summed E-state index contributed by atoms with van der Waals surface area (Å²) in [5.41, 5.74) is 6.18. The zero-order chi connectivity index (χ0) is 13.4. The van der Waals surface area contributed by atoms with Crippen molar-refractivity contribution in [2.75, 3.05) is 6.54 Å². The Hall–Kier alpha value is -2.04. The van der Waals surface area contributed by atoms with Gasteiger partial charge >= 0.3 is 6.03 Å². The van der Waals surface area contributed by atoms with Crippen LogP contribution in [0.2, 0.25) is 0 Å². The second kappa shape index (κ2) is 7.32. The maximum absolute atomic E-state index is 11.5. The summed E-state index contributed by atoms with van der Waals surface area (Å²) in [6.07, 6.45) is 1.78. The van der Waals surface area contributed by atoms with Crippen LogP contribution < -0.4 is 16.4 Å². The predicted octanol–water partition coefficient (Wildman–Crippen LogP) is 0.792. The van der Waals surface area contributed by atoms with E-state index < -0.39 is 12.1 Å². The number of carbonyl (C=O) groups excluding carboxylic acids is 2. The van der Waals surface area contributed by atoms with Gasteiger partial charge < -0.3 is 16.4 Å². The van der Waals surface area contributed by atoms with Gasteiger partial charge in [-0.05, 0) is 25.3 Å². The molecule has 1 rings (SSSR count). The van der Waals surface area contributed by atoms with E-state index in [1.807, 2.05) is 18.2 Å². The fraction of sp³-hybridized carbons (Fsp3) is 0.385. The van der Waals surface area contributed by atoms with E-state index in [0.29, 0.717) is 6.54 Å². The average Bonchev–Trinajstić information content (AvgIpc) is 2.34. The number of hydrogen-bond acceptors (Lipinski definition) is 2. The summed E-state index contributed by atoms with van der Waals surface area (Å²) in [4.78, 5) is 22.1. The molecule has 0 aliphatic carbocycles. The number of benzene rings is 1. The topological polar surface area (TPSA) is 84.2 Å². The van der Waals surface area contributed by atoms with Gasteiger partial charge in [-0.15, -0.1) is 0 Å². The monoisotopic (exact) mass is 249 g/mol. The Bertz CT molecular complexity index is 392. The minimum absolute atomic E-state index is 0.220. The van der Waals surface area contributed by atoms with Crippen LogP contribution in [0.25, 0.3) is 0 Å². The first kappa shape index (κ1) is 14.0. The molecule has 1 aromatic rings. The van der Waals surface area contributed by atoms with Crippen LogP contribution in [0.4, 0.5) is 4.79 Å². The van der Waals surface area contributed by atoms with Gasteiger partial charge in [-0.3, -0.25) is 4.79 Å². The van der Waals surface area contributed by atoms with E-state index in [-0.39, 0.29) is 5.91 Å². The Morgan fingerprint density at radius 3 is 2.56 bits per heavy atom. The molecule has 1 aromatic carbocycles. The van der Waals surface area contributed by atoms with Crippen LogP contribution >= 0.6 is 0 Å². The van der Waals surface area contributed by atoms with E-state index in [1.165, 1.54) is 5.56 Å². The van der Waals surface area contributed by atoms with Gasteiger partial charge in [0.15, 0.2) is 0 Å². The van der Waals surface area contributed by atoms with Crippen LogP contribution in [0, 0.1) is 0 Å². The molecule has 0 heterocycles. The van der Waals surface area contributed by atoms with Crippen molar-refractivity contribution in [1.29, 1.82) is 0 Å². The number of hydrogen-bond donors (Lipinski definition) is 3. The van der Waals surface area contributed by atoms with Crippen LogP contribution in [0.5, 0.6) is 0 Å². The number of carbonyl (C=O) groups is 2. The van der Waals surface area contributed by atoms with Crippen molar-refractivity contribution < 1.29 is 9.59 Å². The number of rotatable bonds is 6. The van der Waals surface area contributed by atoms with Crippen molar-refractivity contribution in [1.82, 2.24) is 10.6 Å². The number of aryl methyl sites for hydroxylation is 1. The molecular weight excluding hydrogens is 230 g/mol. The molecule has 0 radical (unpaired) electrons. The quantitative estimate of drug-likeness (QED) is 0.651. The summed E-state index contributed by atoms with van der Waals surface area (Å²) in [5.74, 6) is -0.220. The molecule has 0 fully saturated rings. The first-order valence-electron chi connectivity index (χ1n) is 5.97. The molecule has 0 saturated heterocycles. The zero-order valence-corrected chi connectivity index (χ0v) is 10.5. The van der Waals surface area contributed by atoms with Gasteiger partial charge in [0.1, 0.15) is 6.04 Å². The van der Waals surface area contributed by atoms with E-state index in [1.54, 1.807) is 6.92 Å². The lowest BCUT2D eigenvalue weighted by atomic mass is 10.1. The highest BCUT2D eigenvalue weighted by Gasteiger charge is 2.12. The molecule has 0 bridgehead atoms. The van der Waals surface area contributed by atoms with Crippen LogP contribution in [0.1, 0.15) is 18.9 Å². The molecule has 4 N–H and O–H groups in total. The lowest BCUT2D eigenvalue weighted by Gasteiger charge is -2.12. The third kappa shape index (κ3) is 5.34.